The summed E-state index contributed by atoms with van der Waals surface area (Å²) in [6, 6.07) is 4.01. The molecule has 2 N–H and O–H groups in total. The fourth-order valence-electron chi connectivity index (χ4n) is 3.00. The Morgan fingerprint density at radius 2 is 1.86 bits per heavy atom. The molecule has 1 fully saturated rings. The summed E-state index contributed by atoms with van der Waals surface area (Å²) in [7, 11) is 0. The van der Waals surface area contributed by atoms with Gasteiger partial charge in [-0.3, -0.25) is 14.4 Å². The quantitative estimate of drug-likeness (QED) is 0.874. The second kappa shape index (κ2) is 6.17. The highest BCUT2D eigenvalue weighted by molar-refractivity contribution is 6.01. The van der Waals surface area contributed by atoms with Crippen molar-refractivity contribution in [2.24, 2.45) is 5.92 Å². The van der Waals surface area contributed by atoms with Gasteiger partial charge in [0.05, 0.1) is 5.92 Å². The van der Waals surface area contributed by atoms with Crippen LogP contribution in [-0.4, -0.2) is 36.0 Å². The van der Waals surface area contributed by atoms with Crippen molar-refractivity contribution < 1.29 is 19.5 Å². The summed E-state index contributed by atoms with van der Waals surface area (Å²) < 4.78 is 0. The third kappa shape index (κ3) is 3.27. The molecular weight excluding hydrogens is 284 g/mol. The number of rotatable bonds is 4. The van der Waals surface area contributed by atoms with Crippen molar-refractivity contribution in [3.8, 4) is 0 Å². The van der Waals surface area contributed by atoms with Gasteiger partial charge < -0.3 is 15.3 Å². The van der Waals surface area contributed by atoms with Gasteiger partial charge >= 0.3 is 5.97 Å². The standard InChI is InChI=1S/C16H20N2O4/c1-9-4-10(2)15(11(3)5-9)18-8-12(6-13(18)19)16(22)17-7-14(20)21/h4-5,12H,6-8H2,1-3H3,(H,17,22)(H,20,21)/t12-/m0/s1. The number of nitrogens with zero attached hydrogens (tertiary/aromatic N) is 1. The topological polar surface area (TPSA) is 86.7 Å². The highest BCUT2D eigenvalue weighted by Gasteiger charge is 2.36. The molecule has 1 aromatic carbocycles. The van der Waals surface area contributed by atoms with Gasteiger partial charge in [0, 0.05) is 18.7 Å². The zero-order valence-corrected chi connectivity index (χ0v) is 13.0. The van der Waals surface area contributed by atoms with Crippen LogP contribution in [0.4, 0.5) is 5.69 Å². The number of carboxylic acids is 1. The second-order valence-corrected chi connectivity index (χ2v) is 5.76. The summed E-state index contributed by atoms with van der Waals surface area (Å²) in [4.78, 5) is 36.3. The maximum absolute atomic E-state index is 12.2. The van der Waals surface area contributed by atoms with Gasteiger partial charge in [-0.15, -0.1) is 0 Å². The van der Waals surface area contributed by atoms with Crippen molar-refractivity contribution in [1.82, 2.24) is 5.32 Å². The molecule has 2 rings (SSSR count). The molecule has 118 valence electrons. The van der Waals surface area contributed by atoms with Crippen LogP contribution in [0.25, 0.3) is 0 Å². The van der Waals surface area contributed by atoms with Crippen LogP contribution in [0.2, 0.25) is 0 Å². The monoisotopic (exact) mass is 304 g/mol. The summed E-state index contributed by atoms with van der Waals surface area (Å²) in [6.45, 7) is 5.75. The Bertz CT molecular complexity index is 616. The predicted octanol–water partition coefficient (Wildman–Crippen LogP) is 1.17. The molecule has 1 aromatic rings. The van der Waals surface area contributed by atoms with Crippen molar-refractivity contribution in [3.05, 3.63) is 28.8 Å². The third-order valence-electron chi connectivity index (χ3n) is 3.81. The van der Waals surface area contributed by atoms with E-state index in [4.69, 9.17) is 5.11 Å². The Kier molecular flexibility index (Phi) is 4.49. The SMILES string of the molecule is Cc1cc(C)c(N2C[C@@H](C(=O)NCC(=O)O)CC2=O)c(C)c1. The maximum Gasteiger partial charge on any atom is 0.322 e. The molecule has 1 heterocycles. The van der Waals surface area contributed by atoms with Crippen LogP contribution >= 0.6 is 0 Å². The van der Waals surface area contributed by atoms with E-state index in [0.29, 0.717) is 0 Å². The third-order valence-corrected chi connectivity index (χ3v) is 3.81. The molecule has 1 aliphatic rings. The first-order valence-electron chi connectivity index (χ1n) is 7.17. The lowest BCUT2D eigenvalue weighted by molar-refractivity contribution is -0.138. The number of hydrogen-bond acceptors (Lipinski definition) is 3. The van der Waals surface area contributed by atoms with Gasteiger partial charge in [-0.05, 0) is 31.9 Å². The maximum atomic E-state index is 12.2. The van der Waals surface area contributed by atoms with E-state index in [-0.39, 0.29) is 24.8 Å². The number of hydrogen-bond donors (Lipinski definition) is 2. The van der Waals surface area contributed by atoms with E-state index in [2.05, 4.69) is 5.32 Å². The predicted molar refractivity (Wildman–Crippen MR) is 81.8 cm³/mol. The Morgan fingerprint density at radius 1 is 1.27 bits per heavy atom. The van der Waals surface area contributed by atoms with E-state index in [1.165, 1.54) is 0 Å². The zero-order chi connectivity index (χ0) is 16.4. The summed E-state index contributed by atoms with van der Waals surface area (Å²) in [6.07, 6.45) is 0.109. The molecule has 2 amide bonds. The summed E-state index contributed by atoms with van der Waals surface area (Å²) in [5.41, 5.74) is 3.97. The molecule has 0 unspecified atom stereocenters. The van der Waals surface area contributed by atoms with Crippen LogP contribution in [0, 0.1) is 26.7 Å². The fourth-order valence-corrected chi connectivity index (χ4v) is 3.00. The van der Waals surface area contributed by atoms with E-state index in [1.54, 1.807) is 4.90 Å². The molecule has 0 saturated carbocycles. The van der Waals surface area contributed by atoms with Crippen molar-refractivity contribution in [2.45, 2.75) is 27.2 Å². The lowest BCUT2D eigenvalue weighted by Gasteiger charge is -2.22. The van der Waals surface area contributed by atoms with Gasteiger partial charge in [0.25, 0.3) is 0 Å². The average molecular weight is 304 g/mol. The minimum absolute atomic E-state index is 0.106. The number of carbonyl (C=O) groups excluding carboxylic acids is 2. The van der Waals surface area contributed by atoms with Gasteiger partial charge in [-0.2, -0.15) is 0 Å². The summed E-state index contributed by atoms with van der Waals surface area (Å²) in [5.74, 6) is -2.10. The normalized spacial score (nSPS) is 17.7. The second-order valence-electron chi connectivity index (χ2n) is 5.76. The van der Waals surface area contributed by atoms with E-state index < -0.39 is 18.4 Å². The van der Waals surface area contributed by atoms with Gasteiger partial charge in [0.2, 0.25) is 11.8 Å². The van der Waals surface area contributed by atoms with Gasteiger partial charge in [-0.25, -0.2) is 0 Å². The molecule has 1 aliphatic heterocycles. The number of anilines is 1. The van der Waals surface area contributed by atoms with Crippen LogP contribution in [0.15, 0.2) is 12.1 Å². The first-order chi connectivity index (χ1) is 10.3. The molecule has 22 heavy (non-hydrogen) atoms. The fraction of sp³-hybridized carbons (Fsp3) is 0.438. The minimum Gasteiger partial charge on any atom is -0.480 e. The van der Waals surface area contributed by atoms with Crippen LogP contribution in [0.1, 0.15) is 23.1 Å². The Morgan fingerprint density at radius 3 is 2.41 bits per heavy atom. The minimum atomic E-state index is -1.10. The van der Waals surface area contributed by atoms with Gasteiger partial charge in [-0.1, -0.05) is 17.7 Å². The molecule has 0 aliphatic carbocycles. The Labute approximate surface area is 129 Å². The molecular formula is C16H20N2O4. The highest BCUT2D eigenvalue weighted by atomic mass is 16.4. The molecule has 0 bridgehead atoms. The van der Waals surface area contributed by atoms with Crippen molar-refractivity contribution in [2.75, 3.05) is 18.0 Å². The lowest BCUT2D eigenvalue weighted by Crippen LogP contribution is -2.36. The molecule has 6 nitrogen and oxygen atoms in total. The molecule has 0 aromatic heterocycles. The first-order valence-corrected chi connectivity index (χ1v) is 7.17. The number of nitrogens with one attached hydrogen (secondary N) is 1. The van der Waals surface area contributed by atoms with Crippen molar-refractivity contribution in [1.29, 1.82) is 0 Å². The number of aryl methyl sites for hydroxylation is 3. The Balaban J connectivity index is 2.17. The largest absolute Gasteiger partial charge is 0.480 e. The van der Waals surface area contributed by atoms with Crippen LogP contribution in [0.5, 0.6) is 0 Å². The van der Waals surface area contributed by atoms with Gasteiger partial charge in [0.1, 0.15) is 6.54 Å². The summed E-state index contributed by atoms with van der Waals surface area (Å²) >= 11 is 0. The molecule has 0 spiro atoms. The number of aliphatic carboxylic acids is 1. The van der Waals surface area contributed by atoms with E-state index in [9.17, 15) is 14.4 Å². The number of benzene rings is 1. The zero-order valence-electron chi connectivity index (χ0n) is 13.0. The first kappa shape index (κ1) is 16.0. The summed E-state index contributed by atoms with van der Waals surface area (Å²) in [5, 5.41) is 10.9. The number of amides is 2. The average Bonchev–Trinajstić information content (AvgIpc) is 2.77. The molecule has 0 radical (unpaired) electrons. The smallest absolute Gasteiger partial charge is 0.322 e. The van der Waals surface area contributed by atoms with Crippen LogP contribution in [-0.2, 0) is 14.4 Å². The Hall–Kier alpha value is -2.37. The van der Waals surface area contributed by atoms with Crippen LogP contribution in [0.3, 0.4) is 0 Å². The van der Waals surface area contributed by atoms with E-state index >= 15 is 0 Å². The van der Waals surface area contributed by atoms with Crippen molar-refractivity contribution >= 4 is 23.5 Å². The highest BCUT2D eigenvalue weighted by Crippen LogP contribution is 2.31. The van der Waals surface area contributed by atoms with E-state index in [1.807, 2.05) is 32.9 Å². The lowest BCUT2D eigenvalue weighted by atomic mass is 10.0. The molecule has 6 heteroatoms. The van der Waals surface area contributed by atoms with Crippen LogP contribution < -0.4 is 10.2 Å². The molecule has 1 atom stereocenters. The molecule has 1 saturated heterocycles. The van der Waals surface area contributed by atoms with Gasteiger partial charge in [0.15, 0.2) is 0 Å². The van der Waals surface area contributed by atoms with Crippen molar-refractivity contribution in [3.63, 3.8) is 0 Å². The number of carbonyl (C=O) groups is 3. The number of carboxylic acid groups (broad SMARTS) is 1. The van der Waals surface area contributed by atoms with E-state index in [0.717, 1.165) is 22.4 Å².